The number of carbonyl (C=O) groups is 1. The number of rotatable bonds is 4. The standard InChI is InChI=1S/C20H18N4O5S/c1-10-7-13(30(21,26)27)8-15(11(10)2)22-19(25)14-9-16(17-5-4-6-28-17)23-20-18(14)12(3)24-29-20/h4-9H,1-3H3,(H,22,25)(H2,21,26,27). The van der Waals surface area contributed by atoms with Crippen molar-refractivity contribution in [1.29, 1.82) is 0 Å². The number of anilines is 1. The van der Waals surface area contributed by atoms with Gasteiger partial charge in [-0.15, -0.1) is 0 Å². The second-order valence-electron chi connectivity index (χ2n) is 6.89. The van der Waals surface area contributed by atoms with Crippen molar-refractivity contribution in [3.8, 4) is 11.5 Å². The van der Waals surface area contributed by atoms with Crippen LogP contribution in [0, 0.1) is 20.8 Å². The number of sulfonamides is 1. The van der Waals surface area contributed by atoms with E-state index in [1.165, 1.54) is 18.4 Å². The quantitative estimate of drug-likeness (QED) is 0.510. The van der Waals surface area contributed by atoms with Crippen LogP contribution in [-0.2, 0) is 10.0 Å². The lowest BCUT2D eigenvalue weighted by molar-refractivity contribution is 0.102. The van der Waals surface area contributed by atoms with Gasteiger partial charge in [0.05, 0.1) is 27.8 Å². The Balaban J connectivity index is 1.83. The van der Waals surface area contributed by atoms with E-state index in [1.807, 2.05) is 0 Å². The van der Waals surface area contributed by atoms with Crippen LogP contribution in [-0.4, -0.2) is 24.5 Å². The third-order valence-corrected chi connectivity index (χ3v) is 5.75. The van der Waals surface area contributed by atoms with Crippen molar-refractivity contribution in [1.82, 2.24) is 10.1 Å². The number of pyridine rings is 1. The van der Waals surface area contributed by atoms with Gasteiger partial charge in [0.25, 0.3) is 11.6 Å². The summed E-state index contributed by atoms with van der Waals surface area (Å²) in [5.74, 6) is -0.0150. The summed E-state index contributed by atoms with van der Waals surface area (Å²) in [6.45, 7) is 5.22. The summed E-state index contributed by atoms with van der Waals surface area (Å²) >= 11 is 0. The monoisotopic (exact) mass is 426 g/mol. The third kappa shape index (κ3) is 3.46. The molecule has 30 heavy (non-hydrogen) atoms. The molecule has 9 nitrogen and oxygen atoms in total. The molecule has 0 bridgehead atoms. The molecule has 0 radical (unpaired) electrons. The van der Waals surface area contributed by atoms with E-state index in [9.17, 15) is 13.2 Å². The number of furan rings is 1. The fourth-order valence-corrected chi connectivity index (χ4v) is 3.76. The van der Waals surface area contributed by atoms with Crippen LogP contribution < -0.4 is 10.5 Å². The van der Waals surface area contributed by atoms with Gasteiger partial charge in [-0.3, -0.25) is 4.79 Å². The van der Waals surface area contributed by atoms with Gasteiger partial charge in [-0.05, 0) is 62.2 Å². The Bertz CT molecular complexity index is 1390. The Morgan fingerprint density at radius 3 is 2.60 bits per heavy atom. The number of nitrogens with zero attached hydrogens (tertiary/aromatic N) is 2. The second kappa shape index (κ2) is 7.08. The number of nitrogens with one attached hydrogen (secondary N) is 1. The highest BCUT2D eigenvalue weighted by molar-refractivity contribution is 7.89. The molecule has 3 aromatic heterocycles. The van der Waals surface area contributed by atoms with Crippen LogP contribution in [0.3, 0.4) is 0 Å². The number of primary sulfonamides is 1. The smallest absolute Gasteiger partial charge is 0.259 e. The molecule has 0 aliphatic carbocycles. The number of amides is 1. The zero-order valence-electron chi connectivity index (χ0n) is 16.4. The molecule has 10 heteroatoms. The lowest BCUT2D eigenvalue weighted by atomic mass is 10.1. The Labute approximate surface area is 171 Å². The summed E-state index contributed by atoms with van der Waals surface area (Å²) in [7, 11) is -3.93. The number of benzene rings is 1. The van der Waals surface area contributed by atoms with Gasteiger partial charge in [-0.25, -0.2) is 18.5 Å². The zero-order valence-corrected chi connectivity index (χ0v) is 17.2. The Kier molecular flexibility index (Phi) is 4.67. The van der Waals surface area contributed by atoms with Gasteiger partial charge >= 0.3 is 0 Å². The van der Waals surface area contributed by atoms with Gasteiger partial charge < -0.3 is 14.3 Å². The molecule has 0 unspecified atom stereocenters. The minimum Gasteiger partial charge on any atom is -0.463 e. The molecule has 0 atom stereocenters. The highest BCUT2D eigenvalue weighted by Gasteiger charge is 2.22. The first kappa shape index (κ1) is 19.8. The van der Waals surface area contributed by atoms with Crippen molar-refractivity contribution in [2.45, 2.75) is 25.7 Å². The molecule has 0 aliphatic rings. The predicted molar refractivity (Wildman–Crippen MR) is 109 cm³/mol. The molecule has 0 spiro atoms. The van der Waals surface area contributed by atoms with Crippen molar-refractivity contribution < 1.29 is 22.2 Å². The first-order valence-corrected chi connectivity index (χ1v) is 10.5. The average Bonchev–Trinajstić information content (AvgIpc) is 3.34. The lowest BCUT2D eigenvalue weighted by Crippen LogP contribution is -2.17. The molecular weight excluding hydrogens is 408 g/mol. The normalized spacial score (nSPS) is 11.7. The van der Waals surface area contributed by atoms with Crippen LogP contribution >= 0.6 is 0 Å². The van der Waals surface area contributed by atoms with Crippen molar-refractivity contribution in [2.75, 3.05) is 5.32 Å². The van der Waals surface area contributed by atoms with Crippen LogP contribution in [0.4, 0.5) is 5.69 Å². The van der Waals surface area contributed by atoms with Crippen molar-refractivity contribution >= 4 is 32.7 Å². The first-order chi connectivity index (χ1) is 14.1. The molecule has 1 amide bonds. The second-order valence-corrected chi connectivity index (χ2v) is 8.45. The van der Waals surface area contributed by atoms with Gasteiger partial charge in [0.1, 0.15) is 5.69 Å². The van der Waals surface area contributed by atoms with Crippen LogP contribution in [0.15, 0.2) is 50.4 Å². The number of aryl methyl sites for hydroxylation is 2. The Morgan fingerprint density at radius 1 is 1.17 bits per heavy atom. The van der Waals surface area contributed by atoms with Crippen LogP contribution in [0.2, 0.25) is 0 Å². The highest BCUT2D eigenvalue weighted by Crippen LogP contribution is 2.29. The number of hydrogen-bond donors (Lipinski definition) is 2. The molecule has 1 aromatic carbocycles. The van der Waals surface area contributed by atoms with Gasteiger partial charge in [0, 0.05) is 5.69 Å². The first-order valence-electron chi connectivity index (χ1n) is 8.91. The van der Waals surface area contributed by atoms with Gasteiger partial charge in [-0.2, -0.15) is 0 Å². The fourth-order valence-electron chi connectivity index (χ4n) is 3.13. The number of hydrogen-bond acceptors (Lipinski definition) is 7. The molecule has 4 rings (SSSR count). The number of aromatic nitrogens is 2. The molecule has 154 valence electrons. The molecular formula is C20H18N4O5S. The highest BCUT2D eigenvalue weighted by atomic mass is 32.2. The van der Waals surface area contributed by atoms with E-state index in [4.69, 9.17) is 14.1 Å². The van der Waals surface area contributed by atoms with Gasteiger partial charge in [-0.1, -0.05) is 5.16 Å². The number of nitrogens with two attached hydrogens (primary N) is 1. The zero-order chi connectivity index (χ0) is 21.6. The number of fused-ring (bicyclic) bond motifs is 1. The summed E-state index contributed by atoms with van der Waals surface area (Å²) in [6, 6.07) is 7.79. The summed E-state index contributed by atoms with van der Waals surface area (Å²) in [6.07, 6.45) is 1.50. The van der Waals surface area contributed by atoms with E-state index in [0.717, 1.165) is 0 Å². The minimum absolute atomic E-state index is 0.0850. The molecule has 0 aliphatic heterocycles. The van der Waals surface area contributed by atoms with E-state index in [2.05, 4.69) is 15.5 Å². The van der Waals surface area contributed by atoms with E-state index < -0.39 is 15.9 Å². The molecule has 0 saturated carbocycles. The van der Waals surface area contributed by atoms with E-state index in [1.54, 1.807) is 39.0 Å². The maximum Gasteiger partial charge on any atom is 0.259 e. The summed E-state index contributed by atoms with van der Waals surface area (Å²) in [5.41, 5.74) is 3.09. The van der Waals surface area contributed by atoms with Crippen LogP contribution in [0.5, 0.6) is 0 Å². The fraction of sp³-hybridized carbons (Fsp3) is 0.150. The summed E-state index contributed by atoms with van der Waals surface area (Å²) in [4.78, 5) is 17.5. The van der Waals surface area contributed by atoms with Crippen LogP contribution in [0.25, 0.3) is 22.6 Å². The third-order valence-electron chi connectivity index (χ3n) is 4.85. The molecule has 0 fully saturated rings. The average molecular weight is 426 g/mol. The molecule has 3 N–H and O–H groups in total. The van der Waals surface area contributed by atoms with Gasteiger partial charge in [0.2, 0.25) is 10.0 Å². The van der Waals surface area contributed by atoms with Gasteiger partial charge in [0.15, 0.2) is 5.76 Å². The topological polar surface area (TPSA) is 141 Å². The van der Waals surface area contributed by atoms with E-state index in [0.29, 0.717) is 39.3 Å². The predicted octanol–water partition coefficient (Wildman–Crippen LogP) is 3.31. The van der Waals surface area contributed by atoms with Crippen molar-refractivity contribution in [3.63, 3.8) is 0 Å². The van der Waals surface area contributed by atoms with Crippen molar-refractivity contribution in [2.24, 2.45) is 5.14 Å². The Morgan fingerprint density at radius 2 is 1.93 bits per heavy atom. The van der Waals surface area contributed by atoms with Crippen LogP contribution in [0.1, 0.15) is 27.2 Å². The molecule has 0 saturated heterocycles. The van der Waals surface area contributed by atoms with E-state index in [-0.39, 0.29) is 16.2 Å². The lowest BCUT2D eigenvalue weighted by Gasteiger charge is -2.13. The number of carbonyl (C=O) groups excluding carboxylic acids is 1. The van der Waals surface area contributed by atoms with E-state index >= 15 is 0 Å². The maximum absolute atomic E-state index is 13.2. The largest absolute Gasteiger partial charge is 0.463 e. The molecule has 3 heterocycles. The Hall–Kier alpha value is -3.50. The maximum atomic E-state index is 13.2. The minimum atomic E-state index is -3.93. The summed E-state index contributed by atoms with van der Waals surface area (Å²) < 4.78 is 34.2. The SMILES string of the molecule is Cc1cc(S(N)(=O)=O)cc(NC(=O)c2cc(-c3ccco3)nc3onc(C)c23)c1C. The molecule has 4 aromatic rings. The van der Waals surface area contributed by atoms with Crippen molar-refractivity contribution in [3.05, 3.63) is 59.0 Å². The summed E-state index contributed by atoms with van der Waals surface area (Å²) in [5, 5.41) is 12.4.